The van der Waals surface area contributed by atoms with Crippen molar-refractivity contribution in [2.45, 2.75) is 6.36 Å². The van der Waals surface area contributed by atoms with Gasteiger partial charge in [-0.2, -0.15) is 0 Å². The Morgan fingerprint density at radius 3 is 2.39 bits per heavy atom. The maximum atomic E-state index is 12.0. The van der Waals surface area contributed by atoms with Gasteiger partial charge in [-0.1, -0.05) is 6.07 Å². The SMILES string of the molecule is O=C(CNC(=O)c1cccs1)Nc1ccc(OC(F)(F)F)cc1. The Labute approximate surface area is 133 Å². The number of amides is 2. The van der Waals surface area contributed by atoms with Gasteiger partial charge in [0.25, 0.3) is 5.91 Å². The topological polar surface area (TPSA) is 67.4 Å². The fourth-order valence-corrected chi connectivity index (χ4v) is 2.24. The number of rotatable bonds is 5. The first-order valence-electron chi connectivity index (χ1n) is 6.31. The highest BCUT2D eigenvalue weighted by Crippen LogP contribution is 2.23. The van der Waals surface area contributed by atoms with Crippen molar-refractivity contribution < 1.29 is 27.5 Å². The fourth-order valence-electron chi connectivity index (χ4n) is 1.60. The third-order valence-corrected chi connectivity index (χ3v) is 3.39. The molecule has 1 heterocycles. The second-order valence-corrected chi connectivity index (χ2v) is 5.23. The molecule has 1 aromatic heterocycles. The largest absolute Gasteiger partial charge is 0.573 e. The lowest BCUT2D eigenvalue weighted by Crippen LogP contribution is -2.32. The molecule has 2 amide bonds. The highest BCUT2D eigenvalue weighted by molar-refractivity contribution is 7.12. The van der Waals surface area contributed by atoms with Crippen LogP contribution in [0, 0.1) is 0 Å². The van der Waals surface area contributed by atoms with Gasteiger partial charge in [0.05, 0.1) is 11.4 Å². The molecule has 5 nitrogen and oxygen atoms in total. The molecule has 0 spiro atoms. The molecule has 2 N–H and O–H groups in total. The van der Waals surface area contributed by atoms with Crippen LogP contribution in [0.1, 0.15) is 9.67 Å². The number of carbonyl (C=O) groups excluding carboxylic acids is 2. The molecule has 23 heavy (non-hydrogen) atoms. The van der Waals surface area contributed by atoms with Gasteiger partial charge in [0.15, 0.2) is 0 Å². The van der Waals surface area contributed by atoms with Crippen LogP contribution in [0.2, 0.25) is 0 Å². The Kier molecular flexibility index (Phi) is 5.22. The fraction of sp³-hybridized carbons (Fsp3) is 0.143. The molecule has 0 aliphatic carbocycles. The summed E-state index contributed by atoms with van der Waals surface area (Å²) in [7, 11) is 0. The first kappa shape index (κ1) is 16.8. The van der Waals surface area contributed by atoms with Crippen LogP contribution in [-0.2, 0) is 4.79 Å². The summed E-state index contributed by atoms with van der Waals surface area (Å²) in [6, 6.07) is 8.02. The van der Waals surface area contributed by atoms with E-state index in [1.54, 1.807) is 17.5 Å². The predicted molar refractivity (Wildman–Crippen MR) is 78.4 cm³/mol. The molecule has 1 aromatic carbocycles. The zero-order valence-electron chi connectivity index (χ0n) is 11.5. The lowest BCUT2D eigenvalue weighted by atomic mass is 10.3. The number of hydrogen-bond acceptors (Lipinski definition) is 4. The Morgan fingerprint density at radius 1 is 1.13 bits per heavy atom. The van der Waals surface area contributed by atoms with Crippen LogP contribution >= 0.6 is 11.3 Å². The Balaban J connectivity index is 1.82. The first-order valence-corrected chi connectivity index (χ1v) is 7.19. The van der Waals surface area contributed by atoms with Crippen LogP contribution in [0.3, 0.4) is 0 Å². The minimum atomic E-state index is -4.77. The van der Waals surface area contributed by atoms with Crippen molar-refractivity contribution in [1.29, 1.82) is 0 Å². The van der Waals surface area contributed by atoms with Gasteiger partial charge in [-0.15, -0.1) is 24.5 Å². The lowest BCUT2D eigenvalue weighted by molar-refractivity contribution is -0.274. The second-order valence-electron chi connectivity index (χ2n) is 4.28. The van der Waals surface area contributed by atoms with Gasteiger partial charge in [-0.25, -0.2) is 0 Å². The van der Waals surface area contributed by atoms with E-state index in [9.17, 15) is 22.8 Å². The number of thiophene rings is 1. The van der Waals surface area contributed by atoms with Gasteiger partial charge in [0, 0.05) is 5.69 Å². The second kappa shape index (κ2) is 7.14. The molecular formula is C14H11F3N2O3S. The van der Waals surface area contributed by atoms with Crippen molar-refractivity contribution in [1.82, 2.24) is 5.32 Å². The highest BCUT2D eigenvalue weighted by atomic mass is 32.1. The number of ether oxygens (including phenoxy) is 1. The minimum Gasteiger partial charge on any atom is -0.406 e. The molecule has 0 aliphatic rings. The van der Waals surface area contributed by atoms with Crippen LogP contribution in [0.25, 0.3) is 0 Å². The van der Waals surface area contributed by atoms with E-state index in [-0.39, 0.29) is 23.9 Å². The number of hydrogen-bond donors (Lipinski definition) is 2. The Bertz CT molecular complexity index is 670. The maximum absolute atomic E-state index is 12.0. The standard InChI is InChI=1S/C14H11F3N2O3S/c15-14(16,17)22-10-5-3-9(4-6-10)19-12(20)8-18-13(21)11-2-1-7-23-11/h1-7H,8H2,(H,18,21)(H,19,20). The van der Waals surface area contributed by atoms with Crippen LogP contribution < -0.4 is 15.4 Å². The molecule has 9 heteroatoms. The van der Waals surface area contributed by atoms with Crippen LogP contribution in [0.15, 0.2) is 41.8 Å². The molecule has 0 radical (unpaired) electrons. The Hall–Kier alpha value is -2.55. The average Bonchev–Trinajstić information content (AvgIpc) is 2.99. The number of nitrogens with one attached hydrogen (secondary N) is 2. The molecule has 2 rings (SSSR count). The van der Waals surface area contributed by atoms with E-state index in [1.165, 1.54) is 23.5 Å². The van der Waals surface area contributed by atoms with Gasteiger partial charge in [-0.3, -0.25) is 9.59 Å². The molecule has 0 saturated carbocycles. The van der Waals surface area contributed by atoms with E-state index in [0.29, 0.717) is 4.88 Å². The van der Waals surface area contributed by atoms with E-state index >= 15 is 0 Å². The molecule has 2 aromatic rings. The van der Waals surface area contributed by atoms with E-state index in [0.717, 1.165) is 12.1 Å². The van der Waals surface area contributed by atoms with Gasteiger partial charge < -0.3 is 15.4 Å². The quantitative estimate of drug-likeness (QED) is 0.876. The van der Waals surface area contributed by atoms with E-state index in [4.69, 9.17) is 0 Å². The summed E-state index contributed by atoms with van der Waals surface area (Å²) in [6.07, 6.45) is -4.77. The Morgan fingerprint density at radius 2 is 1.83 bits per heavy atom. The summed E-state index contributed by atoms with van der Waals surface area (Å²) in [5.74, 6) is -1.26. The molecular weight excluding hydrogens is 333 g/mol. The monoisotopic (exact) mass is 344 g/mol. The zero-order valence-corrected chi connectivity index (χ0v) is 12.3. The number of anilines is 1. The van der Waals surface area contributed by atoms with E-state index < -0.39 is 12.3 Å². The summed E-state index contributed by atoms with van der Waals surface area (Å²) >= 11 is 1.24. The van der Waals surface area contributed by atoms with Gasteiger partial charge >= 0.3 is 6.36 Å². The zero-order chi connectivity index (χ0) is 16.9. The number of alkyl halides is 3. The summed E-state index contributed by atoms with van der Waals surface area (Å²) in [4.78, 5) is 23.8. The molecule has 122 valence electrons. The normalized spacial score (nSPS) is 10.9. The smallest absolute Gasteiger partial charge is 0.406 e. The summed E-state index contributed by atoms with van der Waals surface area (Å²) in [5, 5.41) is 6.61. The molecule has 0 saturated heterocycles. The third kappa shape index (κ3) is 5.62. The summed E-state index contributed by atoms with van der Waals surface area (Å²) in [6.45, 7) is -0.252. The van der Waals surface area contributed by atoms with Crippen molar-refractivity contribution in [3.05, 3.63) is 46.7 Å². The summed E-state index contributed by atoms with van der Waals surface area (Å²) in [5.41, 5.74) is 0.287. The van der Waals surface area contributed by atoms with E-state index in [1.807, 2.05) is 0 Å². The predicted octanol–water partition coefficient (Wildman–Crippen LogP) is 3.02. The number of carbonyl (C=O) groups is 2. The van der Waals surface area contributed by atoms with Crippen LogP contribution in [0.5, 0.6) is 5.75 Å². The van der Waals surface area contributed by atoms with Crippen molar-refractivity contribution in [3.63, 3.8) is 0 Å². The average molecular weight is 344 g/mol. The van der Waals surface area contributed by atoms with Crippen LogP contribution in [0.4, 0.5) is 18.9 Å². The molecule has 0 atom stereocenters. The van der Waals surface area contributed by atoms with Crippen molar-refractivity contribution >= 4 is 28.8 Å². The van der Waals surface area contributed by atoms with Crippen LogP contribution in [-0.4, -0.2) is 24.7 Å². The number of benzene rings is 1. The maximum Gasteiger partial charge on any atom is 0.573 e. The lowest BCUT2D eigenvalue weighted by Gasteiger charge is -2.10. The van der Waals surface area contributed by atoms with Crippen molar-refractivity contribution in [2.75, 3.05) is 11.9 Å². The highest BCUT2D eigenvalue weighted by Gasteiger charge is 2.30. The molecule has 0 bridgehead atoms. The van der Waals surface area contributed by atoms with E-state index in [2.05, 4.69) is 15.4 Å². The van der Waals surface area contributed by atoms with Gasteiger partial charge in [0.2, 0.25) is 5.91 Å². The van der Waals surface area contributed by atoms with Crippen molar-refractivity contribution in [2.24, 2.45) is 0 Å². The molecule has 0 fully saturated rings. The molecule has 0 aliphatic heterocycles. The minimum absolute atomic E-state index is 0.252. The van der Waals surface area contributed by atoms with Gasteiger partial charge in [-0.05, 0) is 35.7 Å². The molecule has 0 unspecified atom stereocenters. The third-order valence-electron chi connectivity index (χ3n) is 2.53. The first-order chi connectivity index (χ1) is 10.8. The number of halogens is 3. The van der Waals surface area contributed by atoms with Crippen molar-refractivity contribution in [3.8, 4) is 5.75 Å². The summed E-state index contributed by atoms with van der Waals surface area (Å²) < 4.78 is 39.8. The van der Waals surface area contributed by atoms with Gasteiger partial charge in [0.1, 0.15) is 5.75 Å².